The molecule has 3 rings (SSSR count). The highest BCUT2D eigenvalue weighted by Crippen LogP contribution is 2.21. The third-order valence-electron chi connectivity index (χ3n) is 3.88. The molecular formula is C18H18N2O5. The predicted molar refractivity (Wildman–Crippen MR) is 88.3 cm³/mol. The van der Waals surface area contributed by atoms with Crippen molar-refractivity contribution in [3.05, 3.63) is 54.5 Å². The molecule has 1 fully saturated rings. The van der Waals surface area contributed by atoms with Crippen molar-refractivity contribution in [1.29, 1.82) is 0 Å². The van der Waals surface area contributed by atoms with Crippen LogP contribution in [0.25, 0.3) is 0 Å². The molecule has 0 unspecified atom stereocenters. The minimum Gasteiger partial charge on any atom is -0.467 e. The van der Waals surface area contributed by atoms with Crippen molar-refractivity contribution in [3.63, 3.8) is 0 Å². The second-order valence-corrected chi connectivity index (χ2v) is 5.78. The summed E-state index contributed by atoms with van der Waals surface area (Å²) < 4.78 is 10.3. The first-order valence-corrected chi connectivity index (χ1v) is 7.93. The molecule has 130 valence electrons. The molecule has 0 radical (unpaired) electrons. The average molecular weight is 342 g/mol. The van der Waals surface area contributed by atoms with Gasteiger partial charge in [-0.05, 0) is 24.3 Å². The lowest BCUT2D eigenvalue weighted by Crippen LogP contribution is -2.28. The number of likely N-dealkylation sites (tertiary alicyclic amines) is 1. The summed E-state index contributed by atoms with van der Waals surface area (Å²) in [5.74, 6) is -1.00. The number of para-hydroxylation sites is 1. The van der Waals surface area contributed by atoms with Gasteiger partial charge in [-0.3, -0.25) is 14.4 Å². The summed E-state index contributed by atoms with van der Waals surface area (Å²) in [6.45, 7) is 0.208. The standard InChI is InChI=1S/C18H18N2O5/c21-16(19-14-5-2-1-3-6-14)12-25-18(23)13-9-17(22)20(10-13)11-15-7-4-8-24-15/h1-8,13H,9-12H2,(H,19,21)/t13-/m1/s1. The van der Waals surface area contributed by atoms with Gasteiger partial charge in [0, 0.05) is 18.7 Å². The minimum absolute atomic E-state index is 0.0832. The van der Waals surface area contributed by atoms with Crippen molar-refractivity contribution in [1.82, 2.24) is 4.90 Å². The molecule has 1 saturated heterocycles. The van der Waals surface area contributed by atoms with E-state index in [-0.39, 0.29) is 25.5 Å². The fraction of sp³-hybridized carbons (Fsp3) is 0.278. The van der Waals surface area contributed by atoms with E-state index in [4.69, 9.17) is 9.15 Å². The zero-order valence-electron chi connectivity index (χ0n) is 13.5. The Morgan fingerprint density at radius 3 is 2.72 bits per heavy atom. The number of rotatable bonds is 6. The van der Waals surface area contributed by atoms with Crippen LogP contribution in [0, 0.1) is 5.92 Å². The molecule has 1 aromatic carbocycles. The van der Waals surface area contributed by atoms with E-state index in [1.165, 1.54) is 6.26 Å². The van der Waals surface area contributed by atoms with Crippen LogP contribution in [-0.4, -0.2) is 35.8 Å². The molecule has 0 bridgehead atoms. The number of ether oxygens (including phenoxy) is 1. The summed E-state index contributed by atoms with van der Waals surface area (Å²) >= 11 is 0. The maximum Gasteiger partial charge on any atom is 0.311 e. The van der Waals surface area contributed by atoms with Gasteiger partial charge >= 0.3 is 5.97 Å². The van der Waals surface area contributed by atoms with Crippen LogP contribution in [0.15, 0.2) is 53.1 Å². The summed E-state index contributed by atoms with van der Waals surface area (Å²) in [4.78, 5) is 37.4. The first kappa shape index (κ1) is 16.8. The summed E-state index contributed by atoms with van der Waals surface area (Å²) in [6, 6.07) is 12.4. The smallest absolute Gasteiger partial charge is 0.311 e. The average Bonchev–Trinajstić information content (AvgIpc) is 3.24. The van der Waals surface area contributed by atoms with Crippen molar-refractivity contribution >= 4 is 23.5 Å². The fourth-order valence-corrected chi connectivity index (χ4v) is 2.65. The van der Waals surface area contributed by atoms with Crippen LogP contribution < -0.4 is 5.32 Å². The summed E-state index contributed by atoms with van der Waals surface area (Å²) in [6.07, 6.45) is 1.62. The van der Waals surface area contributed by atoms with Gasteiger partial charge in [0.15, 0.2) is 6.61 Å². The van der Waals surface area contributed by atoms with E-state index in [0.717, 1.165) is 0 Å². The Morgan fingerprint density at radius 1 is 1.20 bits per heavy atom. The van der Waals surface area contributed by atoms with E-state index in [9.17, 15) is 14.4 Å². The molecule has 7 heteroatoms. The number of hydrogen-bond acceptors (Lipinski definition) is 5. The highest BCUT2D eigenvalue weighted by molar-refractivity contribution is 5.93. The normalized spacial score (nSPS) is 16.7. The number of nitrogens with zero attached hydrogens (tertiary/aromatic N) is 1. The first-order chi connectivity index (χ1) is 12.1. The third kappa shape index (κ3) is 4.47. The highest BCUT2D eigenvalue weighted by atomic mass is 16.5. The number of carbonyl (C=O) groups is 3. The van der Waals surface area contributed by atoms with E-state index in [1.807, 2.05) is 6.07 Å². The van der Waals surface area contributed by atoms with Crippen LogP contribution in [0.1, 0.15) is 12.2 Å². The molecule has 0 saturated carbocycles. The number of amides is 2. The molecule has 0 spiro atoms. The third-order valence-corrected chi connectivity index (χ3v) is 3.88. The molecule has 2 amide bonds. The van der Waals surface area contributed by atoms with Gasteiger partial charge in [-0.25, -0.2) is 0 Å². The lowest BCUT2D eigenvalue weighted by Gasteiger charge is -2.14. The van der Waals surface area contributed by atoms with Crippen LogP contribution in [0.2, 0.25) is 0 Å². The van der Waals surface area contributed by atoms with E-state index in [2.05, 4.69) is 5.32 Å². The largest absolute Gasteiger partial charge is 0.467 e. The van der Waals surface area contributed by atoms with Gasteiger partial charge in [-0.2, -0.15) is 0 Å². The molecule has 1 aliphatic rings. The molecule has 1 aliphatic heterocycles. The summed E-state index contributed by atoms with van der Waals surface area (Å²) in [5.41, 5.74) is 0.629. The molecule has 7 nitrogen and oxygen atoms in total. The van der Waals surface area contributed by atoms with E-state index in [1.54, 1.807) is 41.3 Å². The molecule has 1 atom stereocenters. The van der Waals surface area contributed by atoms with Gasteiger partial charge < -0.3 is 19.4 Å². The molecular weight excluding hydrogens is 324 g/mol. The lowest BCUT2D eigenvalue weighted by molar-refractivity contribution is -0.151. The quantitative estimate of drug-likeness (QED) is 0.809. The van der Waals surface area contributed by atoms with E-state index < -0.39 is 17.8 Å². The second kappa shape index (κ2) is 7.65. The molecule has 25 heavy (non-hydrogen) atoms. The van der Waals surface area contributed by atoms with Gasteiger partial charge in [0.25, 0.3) is 5.91 Å². The Kier molecular flexibility index (Phi) is 5.13. The number of hydrogen-bond donors (Lipinski definition) is 1. The van der Waals surface area contributed by atoms with Gasteiger partial charge in [-0.15, -0.1) is 0 Å². The number of anilines is 1. The van der Waals surface area contributed by atoms with Crippen molar-refractivity contribution in [3.8, 4) is 0 Å². The van der Waals surface area contributed by atoms with Gasteiger partial charge in [0.2, 0.25) is 5.91 Å². The number of benzene rings is 1. The molecule has 1 N–H and O–H groups in total. The zero-order chi connectivity index (χ0) is 17.6. The Labute approximate surface area is 144 Å². The number of carbonyl (C=O) groups excluding carboxylic acids is 3. The maximum atomic E-state index is 12.1. The second-order valence-electron chi connectivity index (χ2n) is 5.78. The Balaban J connectivity index is 1.45. The van der Waals surface area contributed by atoms with Gasteiger partial charge in [0.1, 0.15) is 5.76 Å². The van der Waals surface area contributed by atoms with E-state index in [0.29, 0.717) is 18.0 Å². The Hall–Kier alpha value is -3.09. The lowest BCUT2D eigenvalue weighted by atomic mass is 10.1. The number of esters is 1. The zero-order valence-corrected chi connectivity index (χ0v) is 13.5. The number of furan rings is 1. The molecule has 0 aliphatic carbocycles. The van der Waals surface area contributed by atoms with Crippen LogP contribution in [0.5, 0.6) is 0 Å². The Bertz CT molecular complexity index is 742. The van der Waals surface area contributed by atoms with Crippen LogP contribution in [-0.2, 0) is 25.7 Å². The summed E-state index contributed by atoms with van der Waals surface area (Å²) in [7, 11) is 0. The maximum absolute atomic E-state index is 12.1. The molecule has 1 aromatic heterocycles. The predicted octanol–water partition coefficient (Wildman–Crippen LogP) is 1.81. The van der Waals surface area contributed by atoms with Crippen molar-refractivity contribution in [2.24, 2.45) is 5.92 Å². The highest BCUT2D eigenvalue weighted by Gasteiger charge is 2.35. The van der Waals surface area contributed by atoms with Crippen molar-refractivity contribution in [2.45, 2.75) is 13.0 Å². The SMILES string of the molecule is O=C(COC(=O)[C@@H]1CC(=O)N(Cc2ccco2)C1)Nc1ccccc1. The molecule has 2 heterocycles. The van der Waals surface area contributed by atoms with Crippen molar-refractivity contribution in [2.75, 3.05) is 18.5 Å². The molecule has 2 aromatic rings. The van der Waals surface area contributed by atoms with Crippen molar-refractivity contribution < 1.29 is 23.5 Å². The van der Waals surface area contributed by atoms with Crippen LogP contribution in [0.3, 0.4) is 0 Å². The van der Waals surface area contributed by atoms with Gasteiger partial charge in [0.05, 0.1) is 18.7 Å². The van der Waals surface area contributed by atoms with Crippen LogP contribution in [0.4, 0.5) is 5.69 Å². The fourth-order valence-electron chi connectivity index (χ4n) is 2.65. The van der Waals surface area contributed by atoms with Crippen LogP contribution >= 0.6 is 0 Å². The monoisotopic (exact) mass is 342 g/mol. The minimum atomic E-state index is -0.563. The summed E-state index contributed by atoms with van der Waals surface area (Å²) in [5, 5.41) is 2.63. The number of nitrogens with one attached hydrogen (secondary N) is 1. The van der Waals surface area contributed by atoms with E-state index >= 15 is 0 Å². The topological polar surface area (TPSA) is 88.9 Å². The first-order valence-electron chi connectivity index (χ1n) is 7.93. The van der Waals surface area contributed by atoms with Gasteiger partial charge in [-0.1, -0.05) is 18.2 Å². The Morgan fingerprint density at radius 2 is 2.00 bits per heavy atom.